The Hall–Kier alpha value is -3.76. The van der Waals surface area contributed by atoms with E-state index < -0.39 is 33.8 Å². The van der Waals surface area contributed by atoms with Crippen LogP contribution in [-0.2, 0) is 14.8 Å². The van der Waals surface area contributed by atoms with Gasteiger partial charge in [0, 0.05) is 17.8 Å². The lowest BCUT2D eigenvalue weighted by Crippen LogP contribution is -2.45. The highest BCUT2D eigenvalue weighted by Crippen LogP contribution is 2.30. The van der Waals surface area contributed by atoms with Gasteiger partial charge in [-0.05, 0) is 48.7 Å². The Balaban J connectivity index is 1.50. The van der Waals surface area contributed by atoms with Crippen LogP contribution in [0.3, 0.4) is 0 Å². The van der Waals surface area contributed by atoms with Gasteiger partial charge < -0.3 is 15.5 Å². The Morgan fingerprint density at radius 1 is 0.971 bits per heavy atom. The molecule has 4 rings (SSSR count). The molecule has 3 aromatic carbocycles. The number of benzene rings is 3. The standard InChI is InChI=1S/C24H23FN4O4S/c25-19-15-16(18-9-4-5-11-22(18)34(26,32)33)12-13-20(19)28-23(30)21-10-6-14-29(21)24(31)27-17-7-2-1-3-8-17/h1-5,7-9,11-13,15,21H,6,10,14H2,(H,27,31)(H,28,30)(H2,26,32,33). The number of rotatable bonds is 5. The fraction of sp³-hybridized carbons (Fsp3) is 0.167. The van der Waals surface area contributed by atoms with Crippen molar-refractivity contribution in [3.05, 3.63) is 78.6 Å². The first-order valence-corrected chi connectivity index (χ1v) is 12.1. The van der Waals surface area contributed by atoms with Crippen LogP contribution in [0.2, 0.25) is 0 Å². The number of sulfonamides is 1. The van der Waals surface area contributed by atoms with Gasteiger partial charge in [0.25, 0.3) is 0 Å². The fourth-order valence-corrected chi connectivity index (χ4v) is 4.71. The van der Waals surface area contributed by atoms with Crippen molar-refractivity contribution in [2.75, 3.05) is 17.2 Å². The number of hydrogen-bond acceptors (Lipinski definition) is 4. The maximum absolute atomic E-state index is 14.9. The summed E-state index contributed by atoms with van der Waals surface area (Å²) in [6, 6.07) is 17.7. The molecule has 1 atom stereocenters. The number of halogens is 1. The van der Waals surface area contributed by atoms with Gasteiger partial charge in [-0.2, -0.15) is 0 Å². The molecule has 0 radical (unpaired) electrons. The molecule has 0 spiro atoms. The van der Waals surface area contributed by atoms with Crippen molar-refractivity contribution >= 4 is 33.3 Å². The summed E-state index contributed by atoms with van der Waals surface area (Å²) in [7, 11) is -4.01. The van der Waals surface area contributed by atoms with Crippen LogP contribution in [0.5, 0.6) is 0 Å². The Kier molecular flexibility index (Phi) is 6.62. The van der Waals surface area contributed by atoms with Crippen LogP contribution in [0.1, 0.15) is 12.8 Å². The highest BCUT2D eigenvalue weighted by Gasteiger charge is 2.34. The lowest BCUT2D eigenvalue weighted by Gasteiger charge is -2.24. The third kappa shape index (κ3) is 5.08. The number of para-hydroxylation sites is 1. The minimum Gasteiger partial charge on any atom is -0.322 e. The van der Waals surface area contributed by atoms with Gasteiger partial charge in [-0.15, -0.1) is 0 Å². The van der Waals surface area contributed by atoms with Crippen molar-refractivity contribution in [2.24, 2.45) is 5.14 Å². The SMILES string of the molecule is NS(=O)(=O)c1ccccc1-c1ccc(NC(=O)C2CCCN2C(=O)Nc2ccccc2)c(F)c1. The number of primary sulfonamides is 1. The van der Waals surface area contributed by atoms with Crippen molar-refractivity contribution in [3.63, 3.8) is 0 Å². The fourth-order valence-electron chi connectivity index (χ4n) is 3.95. The quantitative estimate of drug-likeness (QED) is 0.512. The number of carbonyl (C=O) groups excluding carboxylic acids is 2. The van der Waals surface area contributed by atoms with E-state index in [0.717, 1.165) is 6.07 Å². The highest BCUT2D eigenvalue weighted by atomic mass is 32.2. The second-order valence-electron chi connectivity index (χ2n) is 7.87. The topological polar surface area (TPSA) is 122 Å². The molecule has 1 aliphatic rings. The van der Waals surface area contributed by atoms with Gasteiger partial charge in [0.05, 0.1) is 10.6 Å². The largest absolute Gasteiger partial charge is 0.322 e. The normalized spacial score (nSPS) is 15.7. The van der Waals surface area contributed by atoms with Gasteiger partial charge in [0.1, 0.15) is 11.9 Å². The van der Waals surface area contributed by atoms with E-state index in [-0.39, 0.29) is 16.1 Å². The highest BCUT2D eigenvalue weighted by molar-refractivity contribution is 7.89. The van der Waals surface area contributed by atoms with Crippen molar-refractivity contribution in [1.29, 1.82) is 0 Å². The van der Waals surface area contributed by atoms with Gasteiger partial charge >= 0.3 is 6.03 Å². The van der Waals surface area contributed by atoms with Gasteiger partial charge in [0.2, 0.25) is 15.9 Å². The Morgan fingerprint density at radius 3 is 2.38 bits per heavy atom. The van der Waals surface area contributed by atoms with E-state index in [0.29, 0.717) is 30.6 Å². The first-order valence-electron chi connectivity index (χ1n) is 10.6. The van der Waals surface area contributed by atoms with Gasteiger partial charge in [-0.25, -0.2) is 22.7 Å². The summed E-state index contributed by atoms with van der Waals surface area (Å²) in [5.41, 5.74) is 1.09. The predicted molar refractivity (Wildman–Crippen MR) is 127 cm³/mol. The number of amides is 3. The number of nitrogens with zero attached hydrogens (tertiary/aromatic N) is 1. The molecule has 176 valence electrons. The smallest absolute Gasteiger partial charge is 0.322 e. The third-order valence-corrected chi connectivity index (χ3v) is 6.54. The van der Waals surface area contributed by atoms with E-state index in [1.54, 1.807) is 30.3 Å². The summed E-state index contributed by atoms with van der Waals surface area (Å²) in [6.45, 7) is 0.405. The van der Waals surface area contributed by atoms with Gasteiger partial charge in [0.15, 0.2) is 0 Å². The summed E-state index contributed by atoms with van der Waals surface area (Å²) in [4.78, 5) is 26.8. The zero-order valence-corrected chi connectivity index (χ0v) is 18.9. The minimum absolute atomic E-state index is 0.0721. The van der Waals surface area contributed by atoms with Crippen LogP contribution >= 0.6 is 0 Å². The van der Waals surface area contributed by atoms with Crippen LogP contribution in [0.4, 0.5) is 20.6 Å². The molecule has 4 N–H and O–H groups in total. The summed E-state index contributed by atoms with van der Waals surface area (Å²) < 4.78 is 38.6. The molecule has 3 aromatic rings. The van der Waals surface area contributed by atoms with Crippen molar-refractivity contribution in [3.8, 4) is 11.1 Å². The van der Waals surface area contributed by atoms with E-state index in [1.165, 1.54) is 35.2 Å². The van der Waals surface area contributed by atoms with Crippen LogP contribution in [0.15, 0.2) is 77.7 Å². The number of nitrogens with one attached hydrogen (secondary N) is 2. The molecular formula is C24H23FN4O4S. The first kappa shape index (κ1) is 23.4. The maximum atomic E-state index is 14.9. The number of hydrogen-bond donors (Lipinski definition) is 3. The average Bonchev–Trinajstić information content (AvgIpc) is 3.31. The number of nitrogens with two attached hydrogens (primary N) is 1. The predicted octanol–water partition coefficient (Wildman–Crippen LogP) is 3.78. The molecule has 3 amide bonds. The monoisotopic (exact) mass is 482 g/mol. The van der Waals surface area contributed by atoms with E-state index >= 15 is 0 Å². The lowest BCUT2D eigenvalue weighted by molar-refractivity contribution is -0.119. The van der Waals surface area contributed by atoms with E-state index in [1.807, 2.05) is 6.07 Å². The molecule has 34 heavy (non-hydrogen) atoms. The van der Waals surface area contributed by atoms with Crippen LogP contribution < -0.4 is 15.8 Å². The number of likely N-dealkylation sites (tertiary alicyclic amines) is 1. The molecule has 0 aromatic heterocycles. The molecule has 1 aliphatic heterocycles. The third-order valence-electron chi connectivity index (χ3n) is 5.57. The molecule has 10 heteroatoms. The molecule has 1 unspecified atom stereocenters. The van der Waals surface area contributed by atoms with E-state index in [2.05, 4.69) is 10.6 Å². The molecule has 1 heterocycles. The van der Waals surface area contributed by atoms with Crippen LogP contribution in [0.25, 0.3) is 11.1 Å². The molecular weight excluding hydrogens is 459 g/mol. The second kappa shape index (κ2) is 9.62. The summed E-state index contributed by atoms with van der Waals surface area (Å²) in [5, 5.41) is 10.6. The molecule has 8 nitrogen and oxygen atoms in total. The summed E-state index contributed by atoms with van der Waals surface area (Å²) in [5.74, 6) is -1.24. The summed E-state index contributed by atoms with van der Waals surface area (Å²) in [6.07, 6.45) is 1.10. The zero-order chi connectivity index (χ0) is 24.3. The zero-order valence-electron chi connectivity index (χ0n) is 18.1. The maximum Gasteiger partial charge on any atom is 0.322 e. The van der Waals surface area contributed by atoms with Crippen molar-refractivity contribution in [1.82, 2.24) is 4.90 Å². The lowest BCUT2D eigenvalue weighted by atomic mass is 10.0. The number of urea groups is 1. The first-order chi connectivity index (χ1) is 16.2. The molecule has 1 fully saturated rings. The Morgan fingerprint density at radius 2 is 1.68 bits per heavy atom. The minimum atomic E-state index is -4.01. The van der Waals surface area contributed by atoms with E-state index in [4.69, 9.17) is 5.14 Å². The average molecular weight is 483 g/mol. The number of carbonyl (C=O) groups is 2. The molecule has 0 saturated carbocycles. The molecule has 1 saturated heterocycles. The number of anilines is 2. The van der Waals surface area contributed by atoms with Gasteiger partial charge in [-0.1, -0.05) is 42.5 Å². The van der Waals surface area contributed by atoms with Gasteiger partial charge in [-0.3, -0.25) is 4.79 Å². The summed E-state index contributed by atoms with van der Waals surface area (Å²) >= 11 is 0. The van der Waals surface area contributed by atoms with E-state index in [9.17, 15) is 22.4 Å². The van der Waals surface area contributed by atoms with Crippen molar-refractivity contribution < 1.29 is 22.4 Å². The Bertz CT molecular complexity index is 1330. The molecule has 0 aliphatic carbocycles. The molecule has 0 bridgehead atoms. The second-order valence-corrected chi connectivity index (χ2v) is 9.40. The van der Waals surface area contributed by atoms with Crippen LogP contribution in [-0.4, -0.2) is 37.8 Å². The Labute approximate surface area is 196 Å². The van der Waals surface area contributed by atoms with Crippen LogP contribution in [0, 0.1) is 5.82 Å². The van der Waals surface area contributed by atoms with Crippen molar-refractivity contribution in [2.45, 2.75) is 23.8 Å².